The van der Waals surface area contributed by atoms with Crippen molar-refractivity contribution in [3.63, 3.8) is 0 Å². The Morgan fingerprint density at radius 2 is 1.75 bits per heavy atom. The Morgan fingerprint density at radius 3 is 2.39 bits per heavy atom. The van der Waals surface area contributed by atoms with Crippen molar-refractivity contribution in [2.75, 3.05) is 39.5 Å². The first-order valence-corrected chi connectivity index (χ1v) is 9.40. The highest BCUT2D eigenvalue weighted by Crippen LogP contribution is 2.24. The molecule has 0 aromatic heterocycles. The SMILES string of the molecule is O=C(CCN1CCOCC1)c1ccc(O[C@@H]2O[C@H](CO)[C@@H](O)[C@H](O)[C@H]2O)cc1. The van der Waals surface area contributed by atoms with Crippen molar-refractivity contribution >= 4 is 5.78 Å². The van der Waals surface area contributed by atoms with Crippen LogP contribution in [0.2, 0.25) is 0 Å². The number of rotatable bonds is 7. The van der Waals surface area contributed by atoms with Crippen LogP contribution in [0, 0.1) is 0 Å². The van der Waals surface area contributed by atoms with E-state index in [9.17, 15) is 25.2 Å². The lowest BCUT2D eigenvalue weighted by atomic mass is 9.99. The largest absolute Gasteiger partial charge is 0.462 e. The van der Waals surface area contributed by atoms with Gasteiger partial charge in [-0.1, -0.05) is 0 Å². The Balaban J connectivity index is 1.54. The van der Waals surface area contributed by atoms with E-state index in [2.05, 4.69) is 4.90 Å². The van der Waals surface area contributed by atoms with Gasteiger partial charge in [-0.15, -0.1) is 0 Å². The minimum absolute atomic E-state index is 0.0193. The van der Waals surface area contributed by atoms with Crippen molar-refractivity contribution in [2.45, 2.75) is 37.1 Å². The van der Waals surface area contributed by atoms with Gasteiger partial charge in [-0.25, -0.2) is 0 Å². The Morgan fingerprint density at radius 1 is 1.07 bits per heavy atom. The quantitative estimate of drug-likeness (QED) is 0.418. The van der Waals surface area contributed by atoms with Crippen LogP contribution in [0.25, 0.3) is 0 Å². The highest BCUT2D eigenvalue weighted by molar-refractivity contribution is 5.96. The highest BCUT2D eigenvalue weighted by atomic mass is 16.7. The van der Waals surface area contributed by atoms with E-state index in [0.29, 0.717) is 37.5 Å². The molecular formula is C19H27NO8. The molecule has 0 aliphatic carbocycles. The molecule has 2 saturated heterocycles. The van der Waals surface area contributed by atoms with Gasteiger partial charge in [0.05, 0.1) is 19.8 Å². The van der Waals surface area contributed by atoms with E-state index >= 15 is 0 Å². The maximum absolute atomic E-state index is 12.3. The second-order valence-corrected chi connectivity index (χ2v) is 6.97. The van der Waals surface area contributed by atoms with Crippen molar-refractivity contribution < 1.29 is 39.4 Å². The van der Waals surface area contributed by atoms with Crippen LogP contribution in [0.5, 0.6) is 5.75 Å². The van der Waals surface area contributed by atoms with Crippen molar-refractivity contribution in [1.29, 1.82) is 0 Å². The van der Waals surface area contributed by atoms with Crippen LogP contribution in [0.4, 0.5) is 0 Å². The number of aliphatic hydroxyl groups is 4. The number of Topliss-reactive ketones (excluding diaryl/α,β-unsaturated/α-hetero) is 1. The molecule has 0 amide bonds. The number of carbonyl (C=O) groups excluding carboxylic acids is 1. The molecule has 1 aromatic rings. The predicted molar refractivity (Wildman–Crippen MR) is 97.0 cm³/mol. The zero-order valence-electron chi connectivity index (χ0n) is 15.5. The first-order valence-electron chi connectivity index (χ1n) is 9.40. The summed E-state index contributed by atoms with van der Waals surface area (Å²) in [6, 6.07) is 6.40. The Hall–Kier alpha value is -1.59. The third kappa shape index (κ3) is 5.06. The van der Waals surface area contributed by atoms with Gasteiger partial charge < -0.3 is 34.6 Å². The molecule has 0 radical (unpaired) electrons. The minimum atomic E-state index is -1.50. The molecule has 28 heavy (non-hydrogen) atoms. The molecule has 4 N–H and O–H groups in total. The highest BCUT2D eigenvalue weighted by Gasteiger charge is 2.44. The van der Waals surface area contributed by atoms with Gasteiger partial charge in [0.25, 0.3) is 0 Å². The summed E-state index contributed by atoms with van der Waals surface area (Å²) in [4.78, 5) is 14.5. The van der Waals surface area contributed by atoms with Crippen molar-refractivity contribution in [2.24, 2.45) is 0 Å². The monoisotopic (exact) mass is 397 g/mol. The molecule has 9 heteroatoms. The molecule has 9 nitrogen and oxygen atoms in total. The van der Waals surface area contributed by atoms with E-state index in [1.165, 1.54) is 0 Å². The van der Waals surface area contributed by atoms with Gasteiger partial charge in [-0.2, -0.15) is 0 Å². The molecule has 2 heterocycles. The number of benzene rings is 1. The third-order valence-electron chi connectivity index (χ3n) is 5.04. The molecule has 2 aliphatic heterocycles. The minimum Gasteiger partial charge on any atom is -0.462 e. The van der Waals surface area contributed by atoms with E-state index in [4.69, 9.17) is 14.2 Å². The van der Waals surface area contributed by atoms with Crippen LogP contribution in [0.1, 0.15) is 16.8 Å². The number of carbonyl (C=O) groups is 1. The smallest absolute Gasteiger partial charge is 0.229 e. The zero-order chi connectivity index (χ0) is 20.1. The van der Waals surface area contributed by atoms with Gasteiger partial charge in [-0.3, -0.25) is 9.69 Å². The summed E-state index contributed by atoms with van der Waals surface area (Å²) in [6.45, 7) is 3.21. The molecule has 0 bridgehead atoms. The molecule has 2 fully saturated rings. The van der Waals surface area contributed by atoms with Crippen molar-refractivity contribution in [3.8, 4) is 5.75 Å². The van der Waals surface area contributed by atoms with E-state index < -0.39 is 37.3 Å². The summed E-state index contributed by atoms with van der Waals surface area (Å²) in [6.07, 6.45) is -6.30. The summed E-state index contributed by atoms with van der Waals surface area (Å²) in [5.41, 5.74) is 0.550. The number of ketones is 1. The third-order valence-corrected chi connectivity index (χ3v) is 5.04. The average molecular weight is 397 g/mol. The summed E-state index contributed by atoms with van der Waals surface area (Å²) < 4.78 is 16.1. The van der Waals surface area contributed by atoms with E-state index in [0.717, 1.165) is 13.1 Å². The lowest BCUT2D eigenvalue weighted by Crippen LogP contribution is -2.60. The molecule has 3 rings (SSSR count). The Bertz CT molecular complexity index is 631. The standard InChI is InChI=1S/C19H27NO8/c21-11-15-16(23)17(24)18(25)19(28-15)27-13-3-1-12(2-4-13)14(22)5-6-20-7-9-26-10-8-20/h1-4,15-19,21,23-25H,5-11H2/t15-,16-,17+,18-,19-/m1/s1. The molecular weight excluding hydrogens is 370 g/mol. The van der Waals surface area contributed by atoms with E-state index in [1.54, 1.807) is 24.3 Å². The van der Waals surface area contributed by atoms with Gasteiger partial charge in [-0.05, 0) is 24.3 Å². The molecule has 0 unspecified atom stereocenters. The fourth-order valence-corrected chi connectivity index (χ4v) is 3.25. The molecule has 2 aliphatic rings. The van der Waals surface area contributed by atoms with Crippen LogP contribution < -0.4 is 4.74 Å². The lowest BCUT2D eigenvalue weighted by Gasteiger charge is -2.39. The fourth-order valence-electron chi connectivity index (χ4n) is 3.25. The zero-order valence-corrected chi connectivity index (χ0v) is 15.5. The number of hydrogen-bond donors (Lipinski definition) is 4. The maximum Gasteiger partial charge on any atom is 0.229 e. The number of hydrogen-bond acceptors (Lipinski definition) is 9. The predicted octanol–water partition coefficient (Wildman–Crippen LogP) is -1.23. The fraction of sp³-hybridized carbons (Fsp3) is 0.632. The summed E-state index contributed by atoms with van der Waals surface area (Å²) >= 11 is 0. The molecule has 1 aromatic carbocycles. The molecule has 0 saturated carbocycles. The number of ether oxygens (including phenoxy) is 3. The molecule has 0 spiro atoms. The van der Waals surface area contributed by atoms with Crippen LogP contribution in [0.3, 0.4) is 0 Å². The molecule has 156 valence electrons. The van der Waals surface area contributed by atoms with Crippen LogP contribution >= 0.6 is 0 Å². The van der Waals surface area contributed by atoms with E-state index in [1.807, 2.05) is 0 Å². The van der Waals surface area contributed by atoms with Gasteiger partial charge in [0.1, 0.15) is 30.2 Å². The lowest BCUT2D eigenvalue weighted by molar-refractivity contribution is -0.277. The van der Waals surface area contributed by atoms with Crippen molar-refractivity contribution in [1.82, 2.24) is 4.90 Å². The van der Waals surface area contributed by atoms with Gasteiger partial charge in [0, 0.05) is 31.6 Å². The first-order chi connectivity index (χ1) is 13.5. The first kappa shape index (κ1) is 21.1. The summed E-state index contributed by atoms with van der Waals surface area (Å²) in [7, 11) is 0. The van der Waals surface area contributed by atoms with Crippen molar-refractivity contribution in [3.05, 3.63) is 29.8 Å². The second kappa shape index (κ2) is 9.75. The molecule has 5 atom stereocenters. The summed E-state index contributed by atoms with van der Waals surface area (Å²) in [5.74, 6) is 0.347. The average Bonchev–Trinajstić information content (AvgIpc) is 2.73. The van der Waals surface area contributed by atoms with Gasteiger partial charge >= 0.3 is 0 Å². The topological polar surface area (TPSA) is 129 Å². The summed E-state index contributed by atoms with van der Waals surface area (Å²) in [5, 5.41) is 38.8. The number of aliphatic hydroxyl groups excluding tert-OH is 4. The number of morpholine rings is 1. The van der Waals surface area contributed by atoms with Gasteiger partial charge in [0.15, 0.2) is 5.78 Å². The van der Waals surface area contributed by atoms with Gasteiger partial charge in [0.2, 0.25) is 6.29 Å². The second-order valence-electron chi connectivity index (χ2n) is 6.97. The van der Waals surface area contributed by atoms with Crippen LogP contribution in [-0.2, 0) is 9.47 Å². The maximum atomic E-state index is 12.3. The van der Waals surface area contributed by atoms with E-state index in [-0.39, 0.29) is 5.78 Å². The Labute approximate surface area is 163 Å². The van der Waals surface area contributed by atoms with Crippen LogP contribution in [0.15, 0.2) is 24.3 Å². The Kier molecular flexibility index (Phi) is 7.36. The normalized spacial score (nSPS) is 31.5. The van der Waals surface area contributed by atoms with Crippen LogP contribution in [-0.4, -0.2) is 101 Å². The number of nitrogens with zero attached hydrogens (tertiary/aromatic N) is 1.